The van der Waals surface area contributed by atoms with Crippen LogP contribution in [0.25, 0.3) is 0 Å². The Kier molecular flexibility index (Phi) is 5.40. The lowest BCUT2D eigenvalue weighted by Crippen LogP contribution is -2.25. The van der Waals surface area contributed by atoms with Crippen molar-refractivity contribution in [2.45, 2.75) is 18.6 Å². The van der Waals surface area contributed by atoms with Crippen LogP contribution in [0.5, 0.6) is 0 Å². The highest BCUT2D eigenvalue weighted by Crippen LogP contribution is 2.29. The summed E-state index contributed by atoms with van der Waals surface area (Å²) in [7, 11) is 0. The van der Waals surface area contributed by atoms with Crippen molar-refractivity contribution in [3.05, 3.63) is 28.8 Å². The minimum Gasteiger partial charge on any atom is -0.390 e. The van der Waals surface area contributed by atoms with Gasteiger partial charge in [-0.25, -0.2) is 0 Å². The van der Waals surface area contributed by atoms with E-state index in [0.29, 0.717) is 11.3 Å². The molecule has 4 N–H and O–H groups in total. The lowest BCUT2D eigenvalue weighted by atomic mass is 10.0. The number of rotatable bonds is 5. The summed E-state index contributed by atoms with van der Waals surface area (Å²) >= 11 is 10.3. The van der Waals surface area contributed by atoms with Crippen molar-refractivity contribution in [1.29, 1.82) is 0 Å². The summed E-state index contributed by atoms with van der Waals surface area (Å²) in [5.74, 6) is -0.699. The molecule has 1 aromatic carbocycles. The number of primary amides is 1. The van der Waals surface area contributed by atoms with Gasteiger partial charge in [0.05, 0.1) is 28.4 Å². The first-order valence-corrected chi connectivity index (χ1v) is 5.76. The lowest BCUT2D eigenvalue weighted by Gasteiger charge is -2.17. The molecule has 0 saturated carbocycles. The van der Waals surface area contributed by atoms with Crippen molar-refractivity contribution in [2.24, 2.45) is 10.7 Å². The number of halogens is 1. The van der Waals surface area contributed by atoms with Gasteiger partial charge in [-0.2, -0.15) is 4.99 Å². The third kappa shape index (κ3) is 3.87. The van der Waals surface area contributed by atoms with Crippen molar-refractivity contribution in [2.75, 3.05) is 0 Å². The van der Waals surface area contributed by atoms with Crippen LogP contribution >= 0.6 is 23.8 Å². The number of isothiocyanates is 1. The molecule has 0 radical (unpaired) electrons. The third-order valence-corrected chi connectivity index (χ3v) is 2.65. The molecule has 2 atom stereocenters. The van der Waals surface area contributed by atoms with Gasteiger partial charge in [0.2, 0.25) is 5.91 Å². The highest BCUT2D eigenvalue weighted by molar-refractivity contribution is 7.78. The van der Waals surface area contributed by atoms with Crippen molar-refractivity contribution >= 4 is 40.6 Å². The van der Waals surface area contributed by atoms with Crippen molar-refractivity contribution < 1.29 is 15.0 Å². The van der Waals surface area contributed by atoms with E-state index < -0.39 is 18.1 Å². The standard InChI is InChI=1S/C11H11ClN2O3S/c12-7-3-6(1-2-8(7)14-5-18)11(17)9(15)4-10(13)16/h1-3,9,11,15,17H,4H2,(H2,13,16). The fraction of sp³-hybridized carbons (Fsp3) is 0.273. The van der Waals surface area contributed by atoms with Crippen LogP contribution in [-0.4, -0.2) is 27.4 Å². The predicted molar refractivity (Wildman–Crippen MR) is 70.9 cm³/mol. The van der Waals surface area contributed by atoms with Crippen LogP contribution in [0.1, 0.15) is 18.1 Å². The average Bonchev–Trinajstić information content (AvgIpc) is 2.30. The molecule has 0 aliphatic carbocycles. The summed E-state index contributed by atoms with van der Waals surface area (Å²) in [4.78, 5) is 14.4. The monoisotopic (exact) mass is 286 g/mol. The van der Waals surface area contributed by atoms with Crippen LogP contribution in [0.15, 0.2) is 23.2 Å². The predicted octanol–water partition coefficient (Wildman–Crippen LogP) is 1.34. The molecule has 7 heteroatoms. The van der Waals surface area contributed by atoms with Crippen molar-refractivity contribution in [3.63, 3.8) is 0 Å². The Hall–Kier alpha value is -1.30. The molecule has 96 valence electrons. The van der Waals surface area contributed by atoms with Crippen LogP contribution in [0.4, 0.5) is 5.69 Å². The smallest absolute Gasteiger partial charge is 0.220 e. The Morgan fingerprint density at radius 3 is 2.72 bits per heavy atom. The molecule has 18 heavy (non-hydrogen) atoms. The number of amides is 1. The molecule has 0 saturated heterocycles. The van der Waals surface area contributed by atoms with Crippen LogP contribution in [0.2, 0.25) is 5.02 Å². The summed E-state index contributed by atoms with van der Waals surface area (Å²) in [5.41, 5.74) is 5.70. The quantitative estimate of drug-likeness (QED) is 0.562. The summed E-state index contributed by atoms with van der Waals surface area (Å²) in [6, 6.07) is 4.48. The van der Waals surface area contributed by atoms with Crippen LogP contribution < -0.4 is 5.73 Å². The second kappa shape index (κ2) is 6.58. The van der Waals surface area contributed by atoms with Crippen molar-refractivity contribution in [3.8, 4) is 0 Å². The summed E-state index contributed by atoms with van der Waals surface area (Å²) in [6.45, 7) is 0. The zero-order chi connectivity index (χ0) is 13.7. The van der Waals surface area contributed by atoms with E-state index in [1.807, 2.05) is 0 Å². The molecule has 1 aromatic rings. The van der Waals surface area contributed by atoms with E-state index in [2.05, 4.69) is 22.4 Å². The number of hydrogen-bond donors (Lipinski definition) is 3. The first-order valence-electron chi connectivity index (χ1n) is 4.97. The molecular formula is C11H11ClN2O3S. The Bertz CT molecular complexity index is 503. The molecule has 5 nitrogen and oxygen atoms in total. The van der Waals surface area contributed by atoms with E-state index in [9.17, 15) is 15.0 Å². The van der Waals surface area contributed by atoms with E-state index in [1.54, 1.807) is 0 Å². The van der Waals surface area contributed by atoms with Gasteiger partial charge in [-0.15, -0.1) is 0 Å². The maximum absolute atomic E-state index is 10.6. The average molecular weight is 287 g/mol. The molecule has 0 aliphatic rings. The van der Waals surface area contributed by atoms with Gasteiger partial charge in [-0.3, -0.25) is 4.79 Å². The summed E-state index contributed by atoms with van der Waals surface area (Å²) in [6.07, 6.45) is -2.86. The molecule has 1 rings (SSSR count). The largest absolute Gasteiger partial charge is 0.390 e. The Labute approximate surface area is 114 Å². The van der Waals surface area contributed by atoms with Gasteiger partial charge in [0.25, 0.3) is 0 Å². The fourth-order valence-corrected chi connectivity index (χ4v) is 1.72. The molecule has 0 heterocycles. The van der Waals surface area contributed by atoms with Gasteiger partial charge in [0.15, 0.2) is 0 Å². The van der Waals surface area contributed by atoms with Gasteiger partial charge < -0.3 is 15.9 Å². The number of nitrogens with two attached hydrogens (primary N) is 1. The fourth-order valence-electron chi connectivity index (χ4n) is 1.39. The highest BCUT2D eigenvalue weighted by Gasteiger charge is 2.20. The molecule has 0 aliphatic heterocycles. The highest BCUT2D eigenvalue weighted by atomic mass is 35.5. The van der Waals surface area contributed by atoms with E-state index in [1.165, 1.54) is 18.2 Å². The van der Waals surface area contributed by atoms with E-state index >= 15 is 0 Å². The zero-order valence-corrected chi connectivity index (χ0v) is 10.8. The molecule has 0 spiro atoms. The van der Waals surface area contributed by atoms with Crippen molar-refractivity contribution in [1.82, 2.24) is 0 Å². The van der Waals surface area contributed by atoms with Gasteiger partial charge in [-0.05, 0) is 29.9 Å². The van der Waals surface area contributed by atoms with Gasteiger partial charge >= 0.3 is 0 Å². The number of carbonyl (C=O) groups is 1. The molecule has 1 amide bonds. The Balaban J connectivity index is 2.93. The molecule has 0 bridgehead atoms. The van der Waals surface area contributed by atoms with E-state index in [0.717, 1.165) is 0 Å². The molecule has 0 fully saturated rings. The minimum absolute atomic E-state index is 0.259. The number of thiocarbonyl (C=S) groups is 1. The normalized spacial score (nSPS) is 13.5. The second-order valence-corrected chi connectivity index (χ2v) is 4.19. The Morgan fingerprint density at radius 1 is 1.56 bits per heavy atom. The van der Waals surface area contributed by atoms with Gasteiger partial charge in [0, 0.05) is 0 Å². The number of nitrogens with zero attached hydrogens (tertiary/aromatic N) is 1. The molecule has 0 aromatic heterocycles. The number of aliphatic hydroxyl groups is 2. The number of aliphatic hydroxyl groups excluding tert-OH is 2. The maximum atomic E-state index is 10.6. The third-order valence-electron chi connectivity index (χ3n) is 2.25. The van der Waals surface area contributed by atoms with E-state index in [-0.39, 0.29) is 11.4 Å². The topological polar surface area (TPSA) is 95.9 Å². The number of aliphatic imine (C=N–C) groups is 1. The second-order valence-electron chi connectivity index (χ2n) is 3.60. The SMILES string of the molecule is NC(=O)CC(O)C(O)c1ccc(N=C=S)c(Cl)c1. The van der Waals surface area contributed by atoms with Crippen LogP contribution in [0.3, 0.4) is 0 Å². The maximum Gasteiger partial charge on any atom is 0.220 e. The zero-order valence-electron chi connectivity index (χ0n) is 9.21. The first kappa shape index (κ1) is 14.8. The number of carbonyl (C=O) groups excluding carboxylic acids is 1. The summed E-state index contributed by atoms with van der Waals surface area (Å²) in [5, 5.41) is 21.8. The first-order chi connectivity index (χ1) is 8.45. The molecule has 2 unspecified atom stereocenters. The van der Waals surface area contributed by atoms with E-state index in [4.69, 9.17) is 17.3 Å². The Morgan fingerprint density at radius 2 is 2.22 bits per heavy atom. The van der Waals surface area contributed by atoms with Gasteiger partial charge in [-0.1, -0.05) is 17.7 Å². The molecular weight excluding hydrogens is 276 g/mol. The van der Waals surface area contributed by atoms with Crippen LogP contribution in [-0.2, 0) is 4.79 Å². The summed E-state index contributed by atoms with van der Waals surface area (Å²) < 4.78 is 0. The number of benzene rings is 1. The number of hydrogen-bond acceptors (Lipinski definition) is 5. The van der Waals surface area contributed by atoms with Crippen LogP contribution in [0, 0.1) is 0 Å². The van der Waals surface area contributed by atoms with Gasteiger partial charge in [0.1, 0.15) is 6.10 Å². The minimum atomic E-state index is -1.28. The lowest BCUT2D eigenvalue weighted by molar-refractivity contribution is -0.121.